The van der Waals surface area contributed by atoms with Crippen LogP contribution in [0.4, 0.5) is 0 Å². The standard InChI is InChI=1S/C17H22BrNO.ClH/c1-3-4-5-10-19-12-15-7-9-17(20-15)16-8-6-14(18)11-13(16)2;/h6-9,11,19H,3-5,10,12H2,1-2H3;1H. The lowest BCUT2D eigenvalue weighted by atomic mass is 10.1. The van der Waals surface area contributed by atoms with Crippen LogP contribution in [0, 0.1) is 6.92 Å². The molecule has 0 saturated heterocycles. The smallest absolute Gasteiger partial charge is 0.134 e. The number of furan rings is 1. The third kappa shape index (κ3) is 5.50. The van der Waals surface area contributed by atoms with Gasteiger partial charge in [-0.2, -0.15) is 0 Å². The van der Waals surface area contributed by atoms with Crippen molar-refractivity contribution in [1.82, 2.24) is 5.32 Å². The molecule has 2 nitrogen and oxygen atoms in total. The minimum Gasteiger partial charge on any atom is -0.460 e. The van der Waals surface area contributed by atoms with E-state index < -0.39 is 0 Å². The number of hydrogen-bond acceptors (Lipinski definition) is 2. The Morgan fingerprint density at radius 3 is 2.67 bits per heavy atom. The first-order chi connectivity index (χ1) is 9.70. The number of aryl methyl sites for hydroxylation is 1. The fourth-order valence-corrected chi connectivity index (χ4v) is 2.71. The fraction of sp³-hybridized carbons (Fsp3) is 0.412. The molecule has 0 atom stereocenters. The summed E-state index contributed by atoms with van der Waals surface area (Å²) >= 11 is 3.49. The van der Waals surface area contributed by atoms with Gasteiger partial charge in [0.05, 0.1) is 6.54 Å². The van der Waals surface area contributed by atoms with E-state index in [0.29, 0.717) is 0 Å². The first-order valence-corrected chi connectivity index (χ1v) is 8.06. The molecule has 0 spiro atoms. The molecule has 0 aliphatic rings. The van der Waals surface area contributed by atoms with E-state index in [1.54, 1.807) is 0 Å². The highest BCUT2D eigenvalue weighted by Crippen LogP contribution is 2.27. The Morgan fingerprint density at radius 1 is 1.14 bits per heavy atom. The number of halogens is 2. The third-order valence-corrected chi connectivity index (χ3v) is 3.87. The zero-order valence-electron chi connectivity index (χ0n) is 12.6. The van der Waals surface area contributed by atoms with Gasteiger partial charge in [0, 0.05) is 10.0 Å². The van der Waals surface area contributed by atoms with Gasteiger partial charge in [-0.05, 0) is 55.8 Å². The summed E-state index contributed by atoms with van der Waals surface area (Å²) in [6.45, 7) is 6.19. The van der Waals surface area contributed by atoms with Crippen LogP contribution in [0.3, 0.4) is 0 Å². The zero-order valence-corrected chi connectivity index (χ0v) is 15.0. The van der Waals surface area contributed by atoms with Crippen LogP contribution in [-0.4, -0.2) is 6.54 Å². The topological polar surface area (TPSA) is 25.2 Å². The first kappa shape index (κ1) is 18.3. The maximum atomic E-state index is 5.92. The second-order valence-corrected chi connectivity index (χ2v) is 6.02. The maximum Gasteiger partial charge on any atom is 0.134 e. The maximum absolute atomic E-state index is 5.92. The third-order valence-electron chi connectivity index (χ3n) is 3.37. The minimum absolute atomic E-state index is 0. The molecular weight excluding hydrogens is 350 g/mol. The molecule has 0 unspecified atom stereocenters. The summed E-state index contributed by atoms with van der Waals surface area (Å²) in [5, 5.41) is 3.42. The monoisotopic (exact) mass is 371 g/mol. The molecule has 2 rings (SSSR count). The Labute approximate surface area is 141 Å². The Balaban J connectivity index is 0.00000220. The number of unbranched alkanes of at least 4 members (excludes halogenated alkanes) is 2. The molecule has 1 aromatic carbocycles. The van der Waals surface area contributed by atoms with Crippen LogP contribution in [0.5, 0.6) is 0 Å². The van der Waals surface area contributed by atoms with Gasteiger partial charge in [0.15, 0.2) is 0 Å². The normalized spacial score (nSPS) is 10.4. The molecule has 1 heterocycles. The Kier molecular flexibility index (Phi) is 8.09. The van der Waals surface area contributed by atoms with Gasteiger partial charge in [-0.1, -0.05) is 35.7 Å². The molecule has 0 aliphatic heterocycles. The minimum atomic E-state index is 0. The van der Waals surface area contributed by atoms with E-state index in [2.05, 4.69) is 59.4 Å². The van der Waals surface area contributed by atoms with Crippen molar-refractivity contribution < 1.29 is 4.42 Å². The lowest BCUT2D eigenvalue weighted by molar-refractivity contribution is 0.488. The summed E-state index contributed by atoms with van der Waals surface area (Å²) in [6, 6.07) is 10.4. The number of hydrogen-bond donors (Lipinski definition) is 1. The first-order valence-electron chi connectivity index (χ1n) is 7.26. The molecular formula is C17H23BrClNO. The van der Waals surface area contributed by atoms with Gasteiger partial charge in [0.2, 0.25) is 0 Å². The van der Waals surface area contributed by atoms with E-state index in [1.807, 2.05) is 6.07 Å². The van der Waals surface area contributed by atoms with Crippen molar-refractivity contribution in [3.05, 3.63) is 46.1 Å². The van der Waals surface area contributed by atoms with Crippen LogP contribution >= 0.6 is 28.3 Å². The summed E-state index contributed by atoms with van der Waals surface area (Å²) in [4.78, 5) is 0. The predicted octanol–water partition coefficient (Wildman–Crippen LogP) is 5.72. The van der Waals surface area contributed by atoms with E-state index in [9.17, 15) is 0 Å². The van der Waals surface area contributed by atoms with Crippen LogP contribution in [0.1, 0.15) is 37.5 Å². The van der Waals surface area contributed by atoms with Crippen LogP contribution in [0.15, 0.2) is 39.2 Å². The lowest BCUT2D eigenvalue weighted by Gasteiger charge is -2.04. The largest absolute Gasteiger partial charge is 0.460 e. The van der Waals surface area contributed by atoms with Crippen molar-refractivity contribution in [2.75, 3.05) is 6.54 Å². The summed E-state index contributed by atoms with van der Waals surface area (Å²) in [5.74, 6) is 1.94. The van der Waals surface area contributed by atoms with Crippen molar-refractivity contribution in [2.24, 2.45) is 0 Å². The molecule has 4 heteroatoms. The number of benzene rings is 1. The highest BCUT2D eigenvalue weighted by molar-refractivity contribution is 9.10. The van der Waals surface area contributed by atoms with Gasteiger partial charge in [0.25, 0.3) is 0 Å². The van der Waals surface area contributed by atoms with Crippen LogP contribution in [0.25, 0.3) is 11.3 Å². The summed E-state index contributed by atoms with van der Waals surface area (Å²) in [5.41, 5.74) is 2.38. The van der Waals surface area contributed by atoms with Crippen molar-refractivity contribution in [2.45, 2.75) is 39.7 Å². The SMILES string of the molecule is CCCCCNCc1ccc(-c2ccc(Br)cc2C)o1.Cl. The molecule has 21 heavy (non-hydrogen) atoms. The van der Waals surface area contributed by atoms with E-state index in [-0.39, 0.29) is 12.4 Å². The molecule has 1 aromatic heterocycles. The molecule has 0 fully saturated rings. The molecule has 0 radical (unpaired) electrons. The number of rotatable bonds is 7. The summed E-state index contributed by atoms with van der Waals surface area (Å²) < 4.78 is 7.02. The van der Waals surface area contributed by atoms with Gasteiger partial charge in [0.1, 0.15) is 11.5 Å². The van der Waals surface area contributed by atoms with E-state index in [4.69, 9.17) is 4.42 Å². The second kappa shape index (κ2) is 9.29. The van der Waals surface area contributed by atoms with Crippen LogP contribution in [0.2, 0.25) is 0 Å². The van der Waals surface area contributed by atoms with Crippen molar-refractivity contribution in [3.8, 4) is 11.3 Å². The summed E-state index contributed by atoms with van der Waals surface area (Å²) in [7, 11) is 0. The van der Waals surface area contributed by atoms with Crippen molar-refractivity contribution in [3.63, 3.8) is 0 Å². The van der Waals surface area contributed by atoms with Crippen LogP contribution < -0.4 is 5.32 Å². The average molecular weight is 373 g/mol. The zero-order chi connectivity index (χ0) is 14.4. The highest BCUT2D eigenvalue weighted by Gasteiger charge is 2.07. The quantitative estimate of drug-likeness (QED) is 0.629. The Bertz CT molecular complexity index is 553. The fourth-order valence-electron chi connectivity index (χ4n) is 2.23. The van der Waals surface area contributed by atoms with Crippen LogP contribution in [-0.2, 0) is 6.54 Å². The molecule has 0 saturated carbocycles. The lowest BCUT2D eigenvalue weighted by Crippen LogP contribution is -2.13. The Morgan fingerprint density at radius 2 is 1.95 bits per heavy atom. The Hall–Kier alpha value is -0.770. The van der Waals surface area contributed by atoms with Gasteiger partial charge >= 0.3 is 0 Å². The van der Waals surface area contributed by atoms with Gasteiger partial charge in [-0.3, -0.25) is 0 Å². The van der Waals surface area contributed by atoms with E-state index in [1.165, 1.54) is 24.8 Å². The average Bonchev–Trinajstić information content (AvgIpc) is 2.87. The van der Waals surface area contributed by atoms with Crippen molar-refractivity contribution in [1.29, 1.82) is 0 Å². The molecule has 0 aliphatic carbocycles. The molecule has 0 bridgehead atoms. The molecule has 0 amide bonds. The number of nitrogens with one attached hydrogen (secondary N) is 1. The van der Waals surface area contributed by atoms with Gasteiger partial charge in [-0.15, -0.1) is 12.4 Å². The van der Waals surface area contributed by atoms with E-state index in [0.717, 1.165) is 34.6 Å². The van der Waals surface area contributed by atoms with Gasteiger partial charge in [-0.25, -0.2) is 0 Å². The van der Waals surface area contributed by atoms with Crippen molar-refractivity contribution >= 4 is 28.3 Å². The van der Waals surface area contributed by atoms with Gasteiger partial charge < -0.3 is 9.73 Å². The molecule has 116 valence electrons. The highest BCUT2D eigenvalue weighted by atomic mass is 79.9. The second-order valence-electron chi connectivity index (χ2n) is 5.11. The molecule has 2 aromatic rings. The summed E-state index contributed by atoms with van der Waals surface area (Å²) in [6.07, 6.45) is 3.78. The predicted molar refractivity (Wildman–Crippen MR) is 95.1 cm³/mol. The van der Waals surface area contributed by atoms with E-state index >= 15 is 0 Å². The molecule has 1 N–H and O–H groups in total.